The maximum atomic E-state index is 13.2. The highest BCUT2D eigenvalue weighted by Crippen LogP contribution is 2.46. The molecule has 4 rings (SSSR count). The summed E-state index contributed by atoms with van der Waals surface area (Å²) in [6, 6.07) is 14.9. The molecule has 0 saturated carbocycles. The number of likely N-dealkylation sites (tertiary alicyclic amines) is 1. The van der Waals surface area contributed by atoms with E-state index in [0.717, 1.165) is 29.7 Å². The fourth-order valence-corrected chi connectivity index (χ4v) is 4.05. The molecule has 0 aliphatic carbocycles. The van der Waals surface area contributed by atoms with Crippen LogP contribution in [0, 0.1) is 12.8 Å². The Balaban J connectivity index is 1.73. The maximum absolute atomic E-state index is 13.2. The molecule has 5 nitrogen and oxygen atoms in total. The lowest BCUT2D eigenvalue weighted by molar-refractivity contribution is -0.143. The van der Waals surface area contributed by atoms with Crippen LogP contribution in [0.2, 0.25) is 5.02 Å². The van der Waals surface area contributed by atoms with Gasteiger partial charge in [-0.1, -0.05) is 54.8 Å². The zero-order valence-corrected chi connectivity index (χ0v) is 16.7. The van der Waals surface area contributed by atoms with E-state index in [1.807, 2.05) is 50.2 Å². The number of nitrogens with zero attached hydrogens (tertiary/aromatic N) is 2. The van der Waals surface area contributed by atoms with E-state index in [9.17, 15) is 9.59 Å². The number of hydrogen-bond acceptors (Lipinski definition) is 4. The molecule has 0 bridgehead atoms. The Bertz CT molecular complexity index is 882. The Kier molecular flexibility index (Phi) is 5.13. The summed E-state index contributed by atoms with van der Waals surface area (Å²) in [5.41, 5.74) is 2.85. The SMILES string of the molecule is CCCCN1C(=O)C2ON(c3ccc(Cl)cc3)C(c3ccc(C)cc3)C2C1=O. The number of aryl methyl sites for hydroxylation is 1. The van der Waals surface area contributed by atoms with Gasteiger partial charge in [-0.15, -0.1) is 0 Å². The molecule has 2 saturated heterocycles. The minimum Gasteiger partial charge on any atom is -0.280 e. The largest absolute Gasteiger partial charge is 0.280 e. The lowest BCUT2D eigenvalue weighted by Crippen LogP contribution is -2.37. The Morgan fingerprint density at radius 3 is 2.32 bits per heavy atom. The molecular weight excluding hydrogens is 376 g/mol. The Morgan fingerprint density at radius 1 is 1.00 bits per heavy atom. The van der Waals surface area contributed by atoms with Crippen LogP contribution >= 0.6 is 11.6 Å². The van der Waals surface area contributed by atoms with Crippen LogP contribution in [0.1, 0.15) is 36.9 Å². The van der Waals surface area contributed by atoms with E-state index in [2.05, 4.69) is 0 Å². The monoisotopic (exact) mass is 398 g/mol. The Labute approximate surface area is 169 Å². The molecule has 2 aliphatic heterocycles. The van der Waals surface area contributed by atoms with Crippen LogP contribution in [0.4, 0.5) is 5.69 Å². The van der Waals surface area contributed by atoms with E-state index in [1.165, 1.54) is 4.90 Å². The topological polar surface area (TPSA) is 49.9 Å². The number of amides is 2. The number of rotatable bonds is 5. The average molecular weight is 399 g/mol. The van der Waals surface area contributed by atoms with Gasteiger partial charge < -0.3 is 0 Å². The molecule has 2 aromatic carbocycles. The summed E-state index contributed by atoms with van der Waals surface area (Å²) >= 11 is 6.02. The molecule has 2 aromatic rings. The van der Waals surface area contributed by atoms with Gasteiger partial charge >= 0.3 is 0 Å². The molecule has 2 amide bonds. The maximum Gasteiger partial charge on any atom is 0.261 e. The molecule has 0 aromatic heterocycles. The summed E-state index contributed by atoms with van der Waals surface area (Å²) in [5, 5.41) is 2.32. The quantitative estimate of drug-likeness (QED) is 0.705. The zero-order valence-electron chi connectivity index (χ0n) is 16.0. The third-order valence-corrected chi connectivity index (χ3v) is 5.69. The molecule has 6 heteroatoms. The fraction of sp³-hybridized carbons (Fsp3) is 0.364. The second-order valence-corrected chi connectivity index (χ2v) is 7.83. The van der Waals surface area contributed by atoms with E-state index in [4.69, 9.17) is 16.4 Å². The molecule has 28 heavy (non-hydrogen) atoms. The standard InChI is InChI=1S/C22H23ClN2O3/c1-3-4-13-24-21(26)18-19(15-7-5-14(2)6-8-15)25(28-20(18)22(24)27)17-11-9-16(23)10-12-17/h5-12,18-20H,3-4,13H2,1-2H3. The number of carbonyl (C=O) groups excluding carboxylic acids is 2. The fourth-order valence-electron chi connectivity index (χ4n) is 3.92. The number of imide groups is 1. The summed E-state index contributed by atoms with van der Waals surface area (Å²) in [6.07, 6.45) is 0.935. The summed E-state index contributed by atoms with van der Waals surface area (Å²) in [6.45, 7) is 4.51. The number of fused-ring (bicyclic) bond motifs is 1. The van der Waals surface area contributed by atoms with E-state index < -0.39 is 12.0 Å². The van der Waals surface area contributed by atoms with Crippen molar-refractivity contribution in [2.45, 2.75) is 38.8 Å². The molecule has 3 unspecified atom stereocenters. The Hall–Kier alpha value is -2.37. The molecule has 0 N–H and O–H groups in total. The number of carbonyl (C=O) groups is 2. The van der Waals surface area contributed by atoms with Gasteiger partial charge in [-0.3, -0.25) is 19.3 Å². The van der Waals surface area contributed by atoms with Crippen LogP contribution in [0.15, 0.2) is 48.5 Å². The number of anilines is 1. The number of benzene rings is 2. The van der Waals surface area contributed by atoms with E-state index in [0.29, 0.717) is 11.6 Å². The number of halogens is 1. The molecule has 2 fully saturated rings. The molecule has 2 aliphatic rings. The van der Waals surface area contributed by atoms with Crippen molar-refractivity contribution < 1.29 is 14.4 Å². The van der Waals surface area contributed by atoms with Crippen LogP contribution < -0.4 is 5.06 Å². The third kappa shape index (κ3) is 3.19. The van der Waals surface area contributed by atoms with Gasteiger partial charge in [-0.05, 0) is 43.2 Å². The Morgan fingerprint density at radius 2 is 1.68 bits per heavy atom. The minimum atomic E-state index is -0.786. The summed E-state index contributed by atoms with van der Waals surface area (Å²) in [4.78, 5) is 33.5. The normalized spacial score (nSPS) is 24.2. The predicted molar refractivity (Wildman–Crippen MR) is 108 cm³/mol. The second-order valence-electron chi connectivity index (χ2n) is 7.39. The number of unbranched alkanes of at least 4 members (excludes halogenated alkanes) is 1. The van der Waals surface area contributed by atoms with Crippen molar-refractivity contribution in [3.05, 3.63) is 64.7 Å². The van der Waals surface area contributed by atoms with Gasteiger partial charge in [0.2, 0.25) is 5.91 Å². The van der Waals surface area contributed by atoms with Crippen molar-refractivity contribution in [3.63, 3.8) is 0 Å². The van der Waals surface area contributed by atoms with Gasteiger partial charge in [0.15, 0.2) is 6.10 Å². The first-order valence-corrected chi connectivity index (χ1v) is 10.0. The van der Waals surface area contributed by atoms with Crippen LogP contribution in [-0.2, 0) is 14.4 Å². The first kappa shape index (κ1) is 19.0. The summed E-state index contributed by atoms with van der Waals surface area (Å²) < 4.78 is 0. The van der Waals surface area contributed by atoms with Crippen LogP contribution in [0.3, 0.4) is 0 Å². The molecular formula is C22H23ClN2O3. The second kappa shape index (κ2) is 7.57. The van der Waals surface area contributed by atoms with Gasteiger partial charge in [0.1, 0.15) is 5.92 Å². The van der Waals surface area contributed by atoms with Gasteiger partial charge in [-0.2, -0.15) is 0 Å². The van der Waals surface area contributed by atoms with Crippen molar-refractivity contribution in [2.24, 2.45) is 5.92 Å². The first-order chi connectivity index (χ1) is 13.5. The highest BCUT2D eigenvalue weighted by Gasteiger charge is 2.59. The van der Waals surface area contributed by atoms with Crippen LogP contribution in [0.25, 0.3) is 0 Å². The molecule has 0 radical (unpaired) electrons. The molecule has 2 heterocycles. The van der Waals surface area contributed by atoms with Gasteiger partial charge in [-0.25, -0.2) is 5.06 Å². The van der Waals surface area contributed by atoms with Gasteiger partial charge in [0.25, 0.3) is 5.91 Å². The number of hydrogen-bond donors (Lipinski definition) is 0. The lowest BCUT2D eigenvalue weighted by atomic mass is 9.90. The van der Waals surface area contributed by atoms with Crippen molar-refractivity contribution in [1.29, 1.82) is 0 Å². The molecule has 0 spiro atoms. The number of hydroxylamine groups is 1. The van der Waals surface area contributed by atoms with Gasteiger partial charge in [0, 0.05) is 11.6 Å². The van der Waals surface area contributed by atoms with Crippen LogP contribution in [0.5, 0.6) is 0 Å². The van der Waals surface area contributed by atoms with E-state index in [-0.39, 0.29) is 17.9 Å². The van der Waals surface area contributed by atoms with Crippen molar-refractivity contribution in [1.82, 2.24) is 4.90 Å². The smallest absolute Gasteiger partial charge is 0.261 e. The summed E-state index contributed by atoms with van der Waals surface area (Å²) in [5.74, 6) is -0.940. The third-order valence-electron chi connectivity index (χ3n) is 5.44. The zero-order chi connectivity index (χ0) is 19.8. The van der Waals surface area contributed by atoms with E-state index >= 15 is 0 Å². The molecule has 3 atom stereocenters. The average Bonchev–Trinajstić information content (AvgIpc) is 3.19. The first-order valence-electron chi connectivity index (χ1n) is 9.64. The minimum absolute atomic E-state index is 0.148. The summed E-state index contributed by atoms with van der Waals surface area (Å²) in [7, 11) is 0. The van der Waals surface area contributed by atoms with Crippen LogP contribution in [-0.4, -0.2) is 29.4 Å². The highest BCUT2D eigenvalue weighted by molar-refractivity contribution is 6.30. The van der Waals surface area contributed by atoms with Crippen molar-refractivity contribution in [3.8, 4) is 0 Å². The predicted octanol–water partition coefficient (Wildman–Crippen LogP) is 4.30. The van der Waals surface area contributed by atoms with E-state index in [1.54, 1.807) is 17.2 Å². The highest BCUT2D eigenvalue weighted by atomic mass is 35.5. The van der Waals surface area contributed by atoms with Gasteiger partial charge in [0.05, 0.1) is 11.7 Å². The van der Waals surface area contributed by atoms with Crippen molar-refractivity contribution in [2.75, 3.05) is 11.6 Å². The lowest BCUT2D eigenvalue weighted by Gasteiger charge is -2.28. The van der Waals surface area contributed by atoms with Crippen molar-refractivity contribution >= 4 is 29.1 Å². The molecule has 146 valence electrons.